The van der Waals surface area contributed by atoms with Crippen LogP contribution in [0.2, 0.25) is 0 Å². The maximum Gasteiger partial charge on any atom is 0.111 e. The predicted octanol–water partition coefficient (Wildman–Crippen LogP) is 4.68. The first-order chi connectivity index (χ1) is 17.5. The van der Waals surface area contributed by atoms with E-state index in [1.165, 1.54) is 0 Å². The summed E-state index contributed by atoms with van der Waals surface area (Å²) in [6.07, 6.45) is 18.1. The van der Waals surface area contributed by atoms with Gasteiger partial charge in [0.05, 0.1) is 12.3 Å². The molecule has 1 aliphatic rings. The van der Waals surface area contributed by atoms with E-state index in [1.54, 1.807) is 0 Å². The summed E-state index contributed by atoms with van der Waals surface area (Å²) >= 11 is 0. The second-order valence-corrected chi connectivity index (χ2v) is 8.54. The molecule has 6 heteroatoms. The average molecular weight is 493 g/mol. The van der Waals surface area contributed by atoms with Gasteiger partial charge < -0.3 is 0 Å². The Balaban J connectivity index is 3.72. The minimum Gasteiger partial charge on any atom is -0.276 e. The summed E-state index contributed by atoms with van der Waals surface area (Å²) in [5, 5.41) is 7.05. The molecule has 1 rings (SSSR count). The van der Waals surface area contributed by atoms with Gasteiger partial charge in [0.1, 0.15) is 6.17 Å². The first kappa shape index (κ1) is 31.4. The molecule has 198 valence electrons. The van der Waals surface area contributed by atoms with E-state index >= 15 is 0 Å². The minimum atomic E-state index is -0.158. The molecule has 0 aromatic heterocycles. The van der Waals surface area contributed by atoms with Crippen LogP contribution in [0.4, 0.5) is 0 Å². The van der Waals surface area contributed by atoms with E-state index in [4.69, 9.17) is 0 Å². The number of nitrogens with zero attached hydrogens (tertiary/aromatic N) is 6. The normalized spacial score (nSPS) is 17.8. The summed E-state index contributed by atoms with van der Waals surface area (Å²) in [6.45, 7) is 42.5. The van der Waals surface area contributed by atoms with E-state index in [9.17, 15) is 0 Å². The van der Waals surface area contributed by atoms with Crippen molar-refractivity contribution in [2.75, 3.05) is 52.4 Å². The van der Waals surface area contributed by atoms with Gasteiger partial charge in [-0.25, -0.2) is 10.0 Å². The fourth-order valence-electron chi connectivity index (χ4n) is 4.73. The molecule has 3 unspecified atom stereocenters. The van der Waals surface area contributed by atoms with E-state index in [-0.39, 0.29) is 18.5 Å². The summed E-state index contributed by atoms with van der Waals surface area (Å²) in [4.78, 5) is 6.88. The van der Waals surface area contributed by atoms with E-state index in [0.29, 0.717) is 39.3 Å². The van der Waals surface area contributed by atoms with Crippen LogP contribution in [0.3, 0.4) is 0 Å². The van der Waals surface area contributed by atoms with E-state index in [1.807, 2.05) is 54.7 Å². The highest BCUT2D eigenvalue weighted by Crippen LogP contribution is 2.27. The van der Waals surface area contributed by atoms with Crippen LogP contribution in [0.25, 0.3) is 0 Å². The molecule has 0 bridgehead atoms. The molecule has 0 spiro atoms. The zero-order chi connectivity index (χ0) is 26.9. The first-order valence-corrected chi connectivity index (χ1v) is 12.6. The molecule has 6 nitrogen and oxygen atoms in total. The van der Waals surface area contributed by atoms with Gasteiger partial charge in [0.15, 0.2) is 0 Å². The maximum absolute atomic E-state index is 4.25. The molecule has 1 saturated heterocycles. The van der Waals surface area contributed by atoms with Gasteiger partial charge in [-0.3, -0.25) is 14.7 Å². The molecule has 0 aromatic carbocycles. The van der Waals surface area contributed by atoms with Crippen molar-refractivity contribution in [1.29, 1.82) is 0 Å². The Bertz CT molecular complexity index is 685. The highest BCUT2D eigenvalue weighted by Gasteiger charge is 2.41. The smallest absolute Gasteiger partial charge is 0.111 e. The average Bonchev–Trinajstić information content (AvgIpc) is 2.87. The van der Waals surface area contributed by atoms with Crippen LogP contribution in [0, 0.1) is 0 Å². The summed E-state index contributed by atoms with van der Waals surface area (Å²) in [7, 11) is 0. The molecule has 0 aromatic rings. The molecule has 1 heterocycles. The number of rotatable bonds is 21. The van der Waals surface area contributed by atoms with Crippen LogP contribution in [0.15, 0.2) is 114 Å². The third kappa shape index (κ3) is 8.23. The van der Waals surface area contributed by atoms with Crippen LogP contribution in [-0.4, -0.2) is 101 Å². The van der Waals surface area contributed by atoms with Crippen molar-refractivity contribution in [3.05, 3.63) is 114 Å². The maximum atomic E-state index is 4.25. The van der Waals surface area contributed by atoms with Gasteiger partial charge in [0.2, 0.25) is 0 Å². The van der Waals surface area contributed by atoms with Gasteiger partial charge >= 0.3 is 0 Å². The molecule has 0 N–H and O–H groups in total. The number of hydrogen-bond donors (Lipinski definition) is 0. The van der Waals surface area contributed by atoms with Crippen molar-refractivity contribution in [3.63, 3.8) is 0 Å². The fraction of sp³-hybridized carbons (Fsp3) is 0.400. The lowest BCUT2D eigenvalue weighted by Gasteiger charge is -2.57. The number of hydrazine groups is 2. The second-order valence-electron chi connectivity index (χ2n) is 8.54. The highest BCUT2D eigenvalue weighted by molar-refractivity contribution is 5.01. The van der Waals surface area contributed by atoms with Gasteiger partial charge in [-0.2, -0.15) is 5.12 Å². The molecule has 0 aliphatic carbocycles. The summed E-state index contributed by atoms with van der Waals surface area (Å²) in [6, 6.07) is 0. The molecule has 1 fully saturated rings. The SMILES string of the molecule is C=CCN(CC=C)C(C=C)N1CCCN(C(C=C)N(CC=C)CC=C)N1C(C=C)N(CC=C)CC=C. The van der Waals surface area contributed by atoms with Gasteiger partial charge in [-0.1, -0.05) is 54.7 Å². The van der Waals surface area contributed by atoms with E-state index in [0.717, 1.165) is 19.5 Å². The van der Waals surface area contributed by atoms with Crippen molar-refractivity contribution in [3.8, 4) is 0 Å². The molecule has 0 saturated carbocycles. The zero-order valence-electron chi connectivity index (χ0n) is 22.3. The first-order valence-electron chi connectivity index (χ1n) is 12.6. The van der Waals surface area contributed by atoms with Crippen LogP contribution in [-0.2, 0) is 0 Å². The Hall–Kier alpha value is -2.58. The Labute approximate surface area is 221 Å². The van der Waals surface area contributed by atoms with Crippen molar-refractivity contribution >= 4 is 0 Å². The molecule has 1 aliphatic heterocycles. The minimum absolute atomic E-state index is 0.0849. The van der Waals surface area contributed by atoms with Crippen molar-refractivity contribution in [2.24, 2.45) is 0 Å². The second kappa shape index (κ2) is 17.8. The third-order valence-corrected chi connectivity index (χ3v) is 6.08. The highest BCUT2D eigenvalue weighted by atomic mass is 15.9. The van der Waals surface area contributed by atoms with Gasteiger partial charge in [-0.05, 0) is 6.42 Å². The number of hydrogen-bond acceptors (Lipinski definition) is 6. The summed E-state index contributed by atoms with van der Waals surface area (Å²) in [5.74, 6) is 0. The standard InChI is InChI=1S/C30H48N6/c1-10-20-31(21-11-2)28(16-7)34-26-19-27-35(29(17-8)32(22-12-3)23-13-4)36(34)30(18-9)33(24-14-5)25-15-6/h10-18,28-30H,1-9,19-27H2. The monoisotopic (exact) mass is 492 g/mol. The molecule has 0 radical (unpaired) electrons. The molecule has 36 heavy (non-hydrogen) atoms. The van der Waals surface area contributed by atoms with Crippen molar-refractivity contribution in [1.82, 2.24) is 29.8 Å². The van der Waals surface area contributed by atoms with Crippen molar-refractivity contribution in [2.45, 2.75) is 24.9 Å². The molecular weight excluding hydrogens is 444 g/mol. The van der Waals surface area contributed by atoms with Crippen LogP contribution in [0.1, 0.15) is 6.42 Å². The van der Waals surface area contributed by atoms with Crippen LogP contribution >= 0.6 is 0 Å². The third-order valence-electron chi connectivity index (χ3n) is 6.08. The Morgan fingerprint density at radius 3 is 1.00 bits per heavy atom. The predicted molar refractivity (Wildman–Crippen MR) is 158 cm³/mol. The quantitative estimate of drug-likeness (QED) is 0.215. The van der Waals surface area contributed by atoms with Crippen LogP contribution < -0.4 is 0 Å². The molecule has 0 amide bonds. The van der Waals surface area contributed by atoms with Gasteiger partial charge in [0, 0.05) is 52.4 Å². The summed E-state index contributed by atoms with van der Waals surface area (Å²) < 4.78 is 0. The zero-order valence-corrected chi connectivity index (χ0v) is 22.3. The largest absolute Gasteiger partial charge is 0.276 e. The summed E-state index contributed by atoms with van der Waals surface area (Å²) in [5.41, 5.74) is 0. The van der Waals surface area contributed by atoms with E-state index < -0.39 is 0 Å². The lowest BCUT2D eigenvalue weighted by atomic mass is 10.2. The van der Waals surface area contributed by atoms with Gasteiger partial charge in [-0.15, -0.1) is 59.2 Å². The lowest BCUT2D eigenvalue weighted by molar-refractivity contribution is -0.293. The Kier molecular flexibility index (Phi) is 15.5. The van der Waals surface area contributed by atoms with E-state index in [2.05, 4.69) is 89.0 Å². The van der Waals surface area contributed by atoms with Gasteiger partial charge in [0.25, 0.3) is 0 Å². The Morgan fingerprint density at radius 1 is 0.472 bits per heavy atom. The molecule has 3 atom stereocenters. The lowest BCUT2D eigenvalue weighted by Crippen LogP contribution is -2.72. The Morgan fingerprint density at radius 2 is 0.750 bits per heavy atom. The fourth-order valence-corrected chi connectivity index (χ4v) is 4.73. The van der Waals surface area contributed by atoms with Crippen LogP contribution in [0.5, 0.6) is 0 Å². The van der Waals surface area contributed by atoms with Crippen molar-refractivity contribution < 1.29 is 0 Å². The molecular formula is C30H48N6. The topological polar surface area (TPSA) is 19.4 Å².